The van der Waals surface area contributed by atoms with Gasteiger partial charge in [-0.1, -0.05) is 12.1 Å². The maximum absolute atomic E-state index is 13.3. The molecule has 4 rings (SSSR count). The van der Waals surface area contributed by atoms with Crippen LogP contribution in [0.5, 0.6) is 5.75 Å². The number of benzene rings is 1. The lowest BCUT2D eigenvalue weighted by molar-refractivity contribution is 0.0746. The summed E-state index contributed by atoms with van der Waals surface area (Å²) >= 11 is 0. The zero-order valence-electron chi connectivity index (χ0n) is 17.4. The summed E-state index contributed by atoms with van der Waals surface area (Å²) in [4.78, 5) is 21.1. The van der Waals surface area contributed by atoms with Crippen LogP contribution in [-0.4, -0.2) is 55.5 Å². The first-order chi connectivity index (χ1) is 14.5. The lowest BCUT2D eigenvalue weighted by Crippen LogP contribution is -2.35. The Labute approximate surface area is 175 Å². The highest BCUT2D eigenvalue weighted by atomic mass is 16.5. The molecule has 0 spiro atoms. The molecule has 1 fully saturated rings. The summed E-state index contributed by atoms with van der Waals surface area (Å²) < 4.78 is 5.75. The highest BCUT2D eigenvalue weighted by Gasteiger charge is 2.34. The van der Waals surface area contributed by atoms with Gasteiger partial charge in [0, 0.05) is 30.9 Å². The Morgan fingerprint density at radius 3 is 2.70 bits per heavy atom. The Kier molecular flexibility index (Phi) is 5.65. The normalized spacial score (nSPS) is 18.6. The van der Waals surface area contributed by atoms with Gasteiger partial charge in [-0.2, -0.15) is 15.0 Å². The summed E-state index contributed by atoms with van der Waals surface area (Å²) in [6.07, 6.45) is 5.87. The molecule has 3 aromatic rings. The number of hydrogen-bond donors (Lipinski definition) is 1. The predicted molar refractivity (Wildman–Crippen MR) is 114 cm³/mol. The molecule has 0 bridgehead atoms. The van der Waals surface area contributed by atoms with Crippen molar-refractivity contribution < 1.29 is 9.53 Å². The van der Waals surface area contributed by atoms with Crippen LogP contribution in [-0.2, 0) is 0 Å². The van der Waals surface area contributed by atoms with Crippen molar-refractivity contribution in [3.8, 4) is 11.4 Å². The molecule has 30 heavy (non-hydrogen) atoms. The lowest BCUT2D eigenvalue weighted by atomic mass is 10.1. The molecule has 0 radical (unpaired) electrons. The number of nitrogens with zero attached hydrogens (tertiary/aromatic N) is 5. The van der Waals surface area contributed by atoms with Crippen LogP contribution in [0.4, 0.5) is 5.82 Å². The average molecular weight is 406 g/mol. The maximum Gasteiger partial charge on any atom is 0.256 e. The number of aromatic nitrogens is 4. The van der Waals surface area contributed by atoms with Gasteiger partial charge in [0.2, 0.25) is 0 Å². The number of carbonyl (C=O) groups is 1. The van der Waals surface area contributed by atoms with E-state index in [0.717, 1.165) is 18.0 Å². The Balaban J connectivity index is 1.48. The van der Waals surface area contributed by atoms with Crippen molar-refractivity contribution in [2.24, 2.45) is 0 Å². The second-order valence-corrected chi connectivity index (χ2v) is 7.76. The van der Waals surface area contributed by atoms with Gasteiger partial charge in [0.05, 0.1) is 29.7 Å². The van der Waals surface area contributed by atoms with Crippen LogP contribution in [0.15, 0.2) is 55.0 Å². The molecule has 2 aromatic heterocycles. The van der Waals surface area contributed by atoms with Crippen molar-refractivity contribution >= 4 is 11.7 Å². The van der Waals surface area contributed by atoms with E-state index < -0.39 is 0 Å². The van der Waals surface area contributed by atoms with Crippen LogP contribution < -0.4 is 10.1 Å². The topological polar surface area (TPSA) is 85.2 Å². The number of pyridine rings is 1. The molecular formula is C22H26N6O2. The lowest BCUT2D eigenvalue weighted by Gasteiger charge is -2.22. The number of ether oxygens (including phenoxy) is 1. The fourth-order valence-corrected chi connectivity index (χ4v) is 3.79. The molecule has 2 atom stereocenters. The Hall–Kier alpha value is -3.42. The van der Waals surface area contributed by atoms with Crippen molar-refractivity contribution in [3.63, 3.8) is 0 Å². The first kappa shape index (κ1) is 19.9. The highest BCUT2D eigenvalue weighted by Crippen LogP contribution is 2.25. The van der Waals surface area contributed by atoms with Gasteiger partial charge < -0.3 is 15.0 Å². The first-order valence-corrected chi connectivity index (χ1v) is 10.2. The van der Waals surface area contributed by atoms with Crippen molar-refractivity contribution in [2.45, 2.75) is 45.4 Å². The van der Waals surface area contributed by atoms with Gasteiger partial charge in [-0.3, -0.25) is 4.79 Å². The second kappa shape index (κ2) is 8.52. The van der Waals surface area contributed by atoms with Crippen LogP contribution in [0, 0.1) is 0 Å². The van der Waals surface area contributed by atoms with Crippen molar-refractivity contribution in [1.82, 2.24) is 24.9 Å². The van der Waals surface area contributed by atoms with E-state index in [4.69, 9.17) is 4.74 Å². The third-order valence-electron chi connectivity index (χ3n) is 5.06. The summed E-state index contributed by atoms with van der Waals surface area (Å²) in [5.41, 5.74) is 1.27. The summed E-state index contributed by atoms with van der Waals surface area (Å²) in [7, 11) is 0. The monoisotopic (exact) mass is 406 g/mol. The Morgan fingerprint density at radius 2 is 1.93 bits per heavy atom. The van der Waals surface area contributed by atoms with Gasteiger partial charge >= 0.3 is 0 Å². The zero-order chi connectivity index (χ0) is 21.1. The van der Waals surface area contributed by atoms with Gasteiger partial charge in [0.1, 0.15) is 11.6 Å². The van der Waals surface area contributed by atoms with E-state index in [1.165, 1.54) is 4.80 Å². The number of anilines is 1. The minimum Gasteiger partial charge on any atom is -0.491 e. The molecule has 8 heteroatoms. The number of rotatable bonds is 6. The van der Waals surface area contributed by atoms with E-state index in [9.17, 15) is 4.79 Å². The third kappa shape index (κ3) is 4.27. The summed E-state index contributed by atoms with van der Waals surface area (Å²) in [5.74, 6) is 1.51. The number of amides is 1. The van der Waals surface area contributed by atoms with E-state index in [0.29, 0.717) is 17.8 Å². The molecule has 3 heterocycles. The molecule has 1 saturated heterocycles. The van der Waals surface area contributed by atoms with Crippen molar-refractivity contribution in [3.05, 3.63) is 60.6 Å². The van der Waals surface area contributed by atoms with Crippen LogP contribution in [0.1, 0.15) is 37.6 Å². The number of para-hydroxylation sites is 1. The van der Waals surface area contributed by atoms with Crippen molar-refractivity contribution in [2.75, 3.05) is 11.9 Å². The van der Waals surface area contributed by atoms with Crippen LogP contribution >= 0.6 is 0 Å². The standard InChI is InChI=1S/C22H26N6O2/c1-15(2)30-18-8-9-23-21(13-18)26-17-12-16(3)27(14-17)22(29)19-6-4-5-7-20(19)28-24-10-11-25-28/h4-11,13,15-17H,12,14H2,1-3H3,(H,23,26)/t16-,17-/m1/s1. The predicted octanol–water partition coefficient (Wildman–Crippen LogP) is 3.16. The van der Waals surface area contributed by atoms with Crippen LogP contribution in [0.25, 0.3) is 5.69 Å². The van der Waals surface area contributed by atoms with Gasteiger partial charge in [0.15, 0.2) is 0 Å². The minimum atomic E-state index is -0.0236. The number of likely N-dealkylation sites (tertiary alicyclic amines) is 1. The SMILES string of the molecule is CC(C)Oc1ccnc(N[C@@H]2C[C@@H](C)N(C(=O)c3ccccc3-n3nccn3)C2)c1. The average Bonchev–Trinajstić information content (AvgIpc) is 3.37. The largest absolute Gasteiger partial charge is 0.491 e. The van der Waals surface area contributed by atoms with Crippen LogP contribution in [0.2, 0.25) is 0 Å². The molecular weight excluding hydrogens is 380 g/mol. The van der Waals surface area contributed by atoms with Gasteiger partial charge in [0.25, 0.3) is 5.91 Å². The number of hydrogen-bond acceptors (Lipinski definition) is 6. The molecule has 1 aliphatic rings. The van der Waals surface area contributed by atoms with E-state index in [-0.39, 0.29) is 24.1 Å². The molecule has 0 unspecified atom stereocenters. The second-order valence-electron chi connectivity index (χ2n) is 7.76. The zero-order valence-corrected chi connectivity index (χ0v) is 17.4. The highest BCUT2D eigenvalue weighted by molar-refractivity contribution is 5.98. The first-order valence-electron chi connectivity index (χ1n) is 10.2. The molecule has 1 aliphatic heterocycles. The summed E-state index contributed by atoms with van der Waals surface area (Å²) in [5, 5.41) is 11.8. The smallest absolute Gasteiger partial charge is 0.256 e. The molecule has 8 nitrogen and oxygen atoms in total. The number of nitrogens with one attached hydrogen (secondary N) is 1. The third-order valence-corrected chi connectivity index (χ3v) is 5.06. The quantitative estimate of drug-likeness (QED) is 0.677. The van der Waals surface area contributed by atoms with Gasteiger partial charge in [-0.25, -0.2) is 4.98 Å². The summed E-state index contributed by atoms with van der Waals surface area (Å²) in [6.45, 7) is 6.65. The van der Waals surface area contributed by atoms with E-state index in [1.807, 2.05) is 55.1 Å². The van der Waals surface area contributed by atoms with E-state index >= 15 is 0 Å². The molecule has 1 amide bonds. The number of carbonyl (C=O) groups excluding carboxylic acids is 1. The van der Waals surface area contributed by atoms with E-state index in [1.54, 1.807) is 18.6 Å². The molecule has 1 N–H and O–H groups in total. The van der Waals surface area contributed by atoms with E-state index in [2.05, 4.69) is 27.4 Å². The van der Waals surface area contributed by atoms with Gasteiger partial charge in [-0.05, 0) is 45.4 Å². The fraction of sp³-hybridized carbons (Fsp3) is 0.364. The van der Waals surface area contributed by atoms with Crippen LogP contribution in [0.3, 0.4) is 0 Å². The molecule has 1 aromatic carbocycles. The van der Waals surface area contributed by atoms with Crippen molar-refractivity contribution in [1.29, 1.82) is 0 Å². The summed E-state index contributed by atoms with van der Waals surface area (Å²) in [6, 6.07) is 11.4. The maximum atomic E-state index is 13.3. The Morgan fingerprint density at radius 1 is 1.17 bits per heavy atom. The molecule has 0 saturated carbocycles. The van der Waals surface area contributed by atoms with Gasteiger partial charge in [-0.15, -0.1) is 0 Å². The molecule has 0 aliphatic carbocycles. The Bertz CT molecular complexity index is 1000. The fourth-order valence-electron chi connectivity index (χ4n) is 3.79. The molecule has 156 valence electrons. The minimum absolute atomic E-state index is 0.0236.